The van der Waals surface area contributed by atoms with Gasteiger partial charge in [-0.25, -0.2) is 0 Å². The molecule has 1 nitrogen and oxygen atoms in total. The third-order valence-electron chi connectivity index (χ3n) is 1.66. The van der Waals surface area contributed by atoms with E-state index in [0.29, 0.717) is 11.9 Å². The number of halogens is 2. The monoisotopic (exact) mass is 195 g/mol. The highest BCUT2D eigenvalue weighted by Gasteiger charge is 2.06. The lowest BCUT2D eigenvalue weighted by atomic mass is 10.3. The number of alkyl halides is 1. The van der Waals surface area contributed by atoms with Gasteiger partial charge in [0.2, 0.25) is 0 Å². The molecule has 0 saturated carbocycles. The van der Waals surface area contributed by atoms with Gasteiger partial charge in [-0.15, -0.1) is 11.6 Å². The highest BCUT2D eigenvalue weighted by atomic mass is 35.5. The molecule has 0 amide bonds. The van der Waals surface area contributed by atoms with Gasteiger partial charge >= 0.3 is 0 Å². The maximum Gasteiger partial charge on any atom is 0.0376 e. The summed E-state index contributed by atoms with van der Waals surface area (Å²) in [5.74, 6) is 0.659. The Hall–Kier alpha value is 0.280. The third kappa shape index (κ3) is 4.67. The molecule has 0 radical (unpaired) electrons. The predicted molar refractivity (Wildman–Crippen MR) is 52.4 cm³/mol. The lowest BCUT2D eigenvalue weighted by Gasteiger charge is -2.22. The van der Waals surface area contributed by atoms with Crippen molar-refractivity contribution in [2.45, 2.75) is 19.9 Å². The van der Waals surface area contributed by atoms with E-state index in [9.17, 15) is 0 Å². The van der Waals surface area contributed by atoms with Crippen molar-refractivity contribution in [2.75, 3.05) is 19.5 Å². The van der Waals surface area contributed by atoms with E-state index < -0.39 is 0 Å². The molecule has 0 saturated heterocycles. The Bertz CT molecular complexity index is 134. The van der Waals surface area contributed by atoms with E-state index in [1.54, 1.807) is 5.54 Å². The van der Waals surface area contributed by atoms with Crippen LogP contribution in [-0.4, -0.2) is 30.4 Å². The second-order valence-corrected chi connectivity index (χ2v) is 3.40. The minimum absolute atomic E-state index is 0.406. The van der Waals surface area contributed by atoms with Crippen molar-refractivity contribution >= 4 is 23.2 Å². The van der Waals surface area contributed by atoms with Gasteiger partial charge < -0.3 is 0 Å². The number of hydrogen-bond acceptors (Lipinski definition) is 1. The van der Waals surface area contributed by atoms with Crippen LogP contribution in [0.5, 0.6) is 0 Å². The highest BCUT2D eigenvalue weighted by Crippen LogP contribution is 2.03. The van der Waals surface area contributed by atoms with Gasteiger partial charge in [0.15, 0.2) is 0 Å². The van der Waals surface area contributed by atoms with Crippen molar-refractivity contribution in [2.24, 2.45) is 0 Å². The van der Waals surface area contributed by atoms with Crippen molar-refractivity contribution in [3.8, 4) is 0 Å². The number of rotatable bonds is 4. The zero-order valence-corrected chi connectivity index (χ0v) is 8.78. The molecular formula is C8H15Cl2N. The maximum atomic E-state index is 5.68. The fraction of sp³-hybridized carbons (Fsp3) is 0.750. The normalized spacial score (nSPS) is 15.6. The molecule has 66 valence electrons. The van der Waals surface area contributed by atoms with E-state index in [1.807, 2.05) is 14.0 Å². The van der Waals surface area contributed by atoms with Crippen LogP contribution in [0.25, 0.3) is 0 Å². The molecule has 0 aromatic carbocycles. The summed E-state index contributed by atoms with van der Waals surface area (Å²) < 4.78 is 0. The Morgan fingerprint density at radius 3 is 2.55 bits per heavy atom. The van der Waals surface area contributed by atoms with E-state index in [2.05, 4.69) is 11.8 Å². The summed E-state index contributed by atoms with van der Waals surface area (Å²) in [5, 5.41) is 0. The van der Waals surface area contributed by atoms with Gasteiger partial charge in [0.25, 0.3) is 0 Å². The molecule has 3 heteroatoms. The summed E-state index contributed by atoms with van der Waals surface area (Å²) in [6.07, 6.45) is 0. The predicted octanol–water partition coefficient (Wildman–Crippen LogP) is 2.69. The summed E-state index contributed by atoms with van der Waals surface area (Å²) in [5.41, 5.74) is 2.77. The van der Waals surface area contributed by atoms with Gasteiger partial charge in [0.05, 0.1) is 0 Å². The van der Waals surface area contributed by atoms with Crippen LogP contribution in [0.3, 0.4) is 0 Å². The Balaban J connectivity index is 3.76. The molecule has 0 spiro atoms. The van der Waals surface area contributed by atoms with Gasteiger partial charge in [-0.05, 0) is 26.5 Å². The lowest BCUT2D eigenvalue weighted by molar-refractivity contribution is 0.300. The molecule has 1 atom stereocenters. The maximum absolute atomic E-state index is 5.68. The first kappa shape index (κ1) is 11.3. The smallest absolute Gasteiger partial charge is 0.0376 e. The molecule has 0 fully saturated rings. The Morgan fingerprint density at radius 1 is 1.64 bits per heavy atom. The van der Waals surface area contributed by atoms with Crippen LogP contribution in [0, 0.1) is 0 Å². The molecule has 0 aliphatic heterocycles. The zero-order chi connectivity index (χ0) is 8.85. The van der Waals surface area contributed by atoms with Crippen LogP contribution < -0.4 is 0 Å². The molecule has 1 unspecified atom stereocenters. The Labute approximate surface area is 79.0 Å². The second-order valence-electron chi connectivity index (χ2n) is 2.87. The molecule has 0 rings (SSSR count). The number of hydrogen-bond donors (Lipinski definition) is 0. The van der Waals surface area contributed by atoms with Gasteiger partial charge in [0, 0.05) is 24.0 Å². The van der Waals surface area contributed by atoms with Gasteiger partial charge in [-0.2, -0.15) is 0 Å². The minimum atomic E-state index is 0.406. The largest absolute Gasteiger partial charge is 0.299 e. The van der Waals surface area contributed by atoms with Crippen molar-refractivity contribution in [1.82, 2.24) is 4.90 Å². The summed E-state index contributed by atoms with van der Waals surface area (Å²) in [6, 6.07) is 0.406. The summed E-state index contributed by atoms with van der Waals surface area (Å²) in [4.78, 5) is 2.17. The van der Waals surface area contributed by atoms with Crippen LogP contribution in [0.2, 0.25) is 0 Å². The van der Waals surface area contributed by atoms with Crippen LogP contribution in [0.1, 0.15) is 13.8 Å². The number of nitrogens with zero attached hydrogens (tertiary/aromatic N) is 1. The van der Waals surface area contributed by atoms with Crippen molar-refractivity contribution in [3.63, 3.8) is 0 Å². The molecule has 0 N–H and O–H groups in total. The first-order valence-electron chi connectivity index (χ1n) is 3.63. The first-order chi connectivity index (χ1) is 5.11. The van der Waals surface area contributed by atoms with E-state index in [4.69, 9.17) is 23.2 Å². The molecule has 11 heavy (non-hydrogen) atoms. The molecule has 0 aromatic heterocycles. The van der Waals surface area contributed by atoms with E-state index in [1.165, 1.54) is 0 Å². The molecule has 0 bridgehead atoms. The van der Waals surface area contributed by atoms with E-state index in [-0.39, 0.29) is 0 Å². The summed E-state index contributed by atoms with van der Waals surface area (Å²) in [7, 11) is 2.04. The fourth-order valence-corrected chi connectivity index (χ4v) is 1.01. The minimum Gasteiger partial charge on any atom is -0.299 e. The average Bonchev–Trinajstić information content (AvgIpc) is 2.02. The van der Waals surface area contributed by atoms with Crippen molar-refractivity contribution in [1.29, 1.82) is 0 Å². The average molecular weight is 196 g/mol. The van der Waals surface area contributed by atoms with Gasteiger partial charge in [0.1, 0.15) is 0 Å². The molecule has 0 heterocycles. The van der Waals surface area contributed by atoms with Crippen LogP contribution in [0.15, 0.2) is 11.1 Å². The fourth-order valence-electron chi connectivity index (χ4n) is 0.702. The van der Waals surface area contributed by atoms with Gasteiger partial charge in [-0.1, -0.05) is 11.6 Å². The third-order valence-corrected chi connectivity index (χ3v) is 2.48. The van der Waals surface area contributed by atoms with Gasteiger partial charge in [-0.3, -0.25) is 4.90 Å². The number of likely N-dealkylation sites (N-methyl/N-ethyl adjacent to an activating group) is 1. The van der Waals surface area contributed by atoms with Crippen LogP contribution in [-0.2, 0) is 0 Å². The summed E-state index contributed by atoms with van der Waals surface area (Å²) in [6.45, 7) is 4.98. The molecule has 0 aliphatic carbocycles. The molecule has 0 aliphatic rings. The Kier molecular flexibility index (Phi) is 6.02. The van der Waals surface area contributed by atoms with E-state index in [0.717, 1.165) is 12.1 Å². The molecule has 0 aromatic rings. The second kappa shape index (κ2) is 5.87. The zero-order valence-electron chi connectivity index (χ0n) is 7.27. The van der Waals surface area contributed by atoms with Crippen LogP contribution in [0.4, 0.5) is 0 Å². The van der Waals surface area contributed by atoms with E-state index >= 15 is 0 Å². The highest BCUT2D eigenvalue weighted by molar-refractivity contribution is 6.25. The molecular weight excluding hydrogens is 181 g/mol. The van der Waals surface area contributed by atoms with Crippen LogP contribution >= 0.6 is 23.2 Å². The topological polar surface area (TPSA) is 3.24 Å². The van der Waals surface area contributed by atoms with Crippen molar-refractivity contribution < 1.29 is 0 Å². The lowest BCUT2D eigenvalue weighted by Crippen LogP contribution is -2.31. The quantitative estimate of drug-likeness (QED) is 0.625. The summed E-state index contributed by atoms with van der Waals surface area (Å²) >= 11 is 11.2. The SMILES string of the molecule is CC(=CCl)CN(C)C(C)CCl. The van der Waals surface area contributed by atoms with Crippen molar-refractivity contribution in [3.05, 3.63) is 11.1 Å². The standard InChI is InChI=1S/C8H15Cl2N/c1-7(4-9)6-11(3)8(2)5-10/h4,8H,5-6H2,1-3H3. The first-order valence-corrected chi connectivity index (χ1v) is 4.61. The Morgan fingerprint density at radius 2 is 2.18 bits per heavy atom.